The lowest BCUT2D eigenvalue weighted by Crippen LogP contribution is -2.34. The van der Waals surface area contributed by atoms with Crippen LogP contribution >= 0.6 is 0 Å². The van der Waals surface area contributed by atoms with E-state index in [1.165, 1.54) is 5.56 Å². The Labute approximate surface area is 103 Å². The molecule has 0 heterocycles. The maximum atomic E-state index is 5.68. The topological polar surface area (TPSA) is 59.6 Å². The number of hydrogen-bond donors (Lipinski definition) is 2. The molecule has 1 rings (SSSR count). The van der Waals surface area contributed by atoms with Gasteiger partial charge in [0.05, 0.1) is 6.61 Å². The van der Waals surface area contributed by atoms with E-state index in [0.717, 1.165) is 19.4 Å². The predicted octanol–water partition coefficient (Wildman–Crippen LogP) is 1.17. The first-order chi connectivity index (χ1) is 8.33. The Balaban J connectivity index is 2.12. The molecule has 94 valence electrons. The Hall–Kier alpha value is -1.55. The average molecular weight is 235 g/mol. The van der Waals surface area contributed by atoms with Crippen molar-refractivity contribution < 1.29 is 4.74 Å². The quantitative estimate of drug-likeness (QED) is 0.424. The number of nitrogens with one attached hydrogen (secondary N) is 1. The van der Waals surface area contributed by atoms with Crippen molar-refractivity contribution in [3.63, 3.8) is 0 Å². The van der Waals surface area contributed by atoms with E-state index in [0.29, 0.717) is 19.1 Å². The second-order valence-corrected chi connectivity index (χ2v) is 3.78. The first kappa shape index (κ1) is 13.5. The highest BCUT2D eigenvalue weighted by Gasteiger charge is 1.92. The summed E-state index contributed by atoms with van der Waals surface area (Å²) < 4.78 is 4.90. The number of benzene rings is 1. The van der Waals surface area contributed by atoms with Crippen LogP contribution in [-0.2, 0) is 11.2 Å². The maximum Gasteiger partial charge on any atom is 0.188 e. The van der Waals surface area contributed by atoms with Gasteiger partial charge in [-0.15, -0.1) is 0 Å². The fourth-order valence-electron chi connectivity index (χ4n) is 1.46. The number of aliphatic imine (C=N–C) groups is 1. The lowest BCUT2D eigenvalue weighted by Gasteiger charge is -2.04. The van der Waals surface area contributed by atoms with Gasteiger partial charge in [-0.2, -0.15) is 0 Å². The molecule has 1 aromatic carbocycles. The van der Waals surface area contributed by atoms with Crippen molar-refractivity contribution in [1.82, 2.24) is 5.32 Å². The normalized spacial score (nSPS) is 11.5. The maximum absolute atomic E-state index is 5.68. The SMILES string of the molecule is COCCNC(N)=NCCCc1ccccc1. The van der Waals surface area contributed by atoms with Crippen LogP contribution in [0.25, 0.3) is 0 Å². The molecular formula is C13H21N3O. The molecule has 0 radical (unpaired) electrons. The van der Waals surface area contributed by atoms with Gasteiger partial charge in [0.25, 0.3) is 0 Å². The molecule has 0 saturated heterocycles. The van der Waals surface area contributed by atoms with Crippen LogP contribution < -0.4 is 11.1 Å². The van der Waals surface area contributed by atoms with Crippen LogP contribution in [0.4, 0.5) is 0 Å². The minimum absolute atomic E-state index is 0.495. The molecular weight excluding hydrogens is 214 g/mol. The molecule has 0 unspecified atom stereocenters. The molecule has 3 N–H and O–H groups in total. The van der Waals surface area contributed by atoms with Crippen molar-refractivity contribution in [3.8, 4) is 0 Å². The third-order valence-corrected chi connectivity index (χ3v) is 2.36. The largest absolute Gasteiger partial charge is 0.383 e. The third kappa shape index (κ3) is 6.58. The monoisotopic (exact) mass is 235 g/mol. The van der Waals surface area contributed by atoms with Crippen molar-refractivity contribution in [2.24, 2.45) is 10.7 Å². The summed E-state index contributed by atoms with van der Waals surface area (Å²) in [7, 11) is 1.66. The summed E-state index contributed by atoms with van der Waals surface area (Å²) in [6.45, 7) is 2.09. The molecule has 0 saturated carbocycles. The van der Waals surface area contributed by atoms with Crippen LogP contribution in [-0.4, -0.2) is 32.8 Å². The summed E-state index contributed by atoms with van der Waals surface area (Å²) in [5.41, 5.74) is 7.02. The second-order valence-electron chi connectivity index (χ2n) is 3.78. The van der Waals surface area contributed by atoms with Crippen LogP contribution in [0.1, 0.15) is 12.0 Å². The molecule has 0 atom stereocenters. The summed E-state index contributed by atoms with van der Waals surface area (Å²) in [6.07, 6.45) is 2.05. The molecule has 1 aromatic rings. The first-order valence-corrected chi connectivity index (χ1v) is 5.89. The fraction of sp³-hybridized carbons (Fsp3) is 0.462. The van der Waals surface area contributed by atoms with Crippen molar-refractivity contribution in [1.29, 1.82) is 0 Å². The highest BCUT2D eigenvalue weighted by Crippen LogP contribution is 2.01. The Morgan fingerprint density at radius 3 is 2.82 bits per heavy atom. The molecule has 0 aliphatic rings. The number of guanidine groups is 1. The van der Waals surface area contributed by atoms with Crippen LogP contribution in [0.5, 0.6) is 0 Å². The van der Waals surface area contributed by atoms with E-state index in [1.807, 2.05) is 6.07 Å². The summed E-state index contributed by atoms with van der Waals surface area (Å²) >= 11 is 0. The number of ether oxygens (including phenoxy) is 1. The van der Waals surface area contributed by atoms with Gasteiger partial charge in [0.15, 0.2) is 5.96 Å². The van der Waals surface area contributed by atoms with E-state index in [9.17, 15) is 0 Å². The van der Waals surface area contributed by atoms with Gasteiger partial charge in [0.1, 0.15) is 0 Å². The van der Waals surface area contributed by atoms with Crippen LogP contribution in [0.2, 0.25) is 0 Å². The van der Waals surface area contributed by atoms with E-state index in [2.05, 4.69) is 34.6 Å². The zero-order valence-corrected chi connectivity index (χ0v) is 10.4. The van der Waals surface area contributed by atoms with E-state index in [-0.39, 0.29) is 0 Å². The molecule has 4 heteroatoms. The van der Waals surface area contributed by atoms with Gasteiger partial charge in [-0.25, -0.2) is 0 Å². The number of methoxy groups -OCH3 is 1. The Bertz CT molecular complexity index is 325. The summed E-state index contributed by atoms with van der Waals surface area (Å²) in [6, 6.07) is 10.4. The lowest BCUT2D eigenvalue weighted by molar-refractivity contribution is 0.204. The highest BCUT2D eigenvalue weighted by atomic mass is 16.5. The Morgan fingerprint density at radius 1 is 1.35 bits per heavy atom. The van der Waals surface area contributed by atoms with Gasteiger partial charge in [-0.1, -0.05) is 30.3 Å². The first-order valence-electron chi connectivity index (χ1n) is 5.89. The van der Waals surface area contributed by atoms with E-state index in [1.54, 1.807) is 7.11 Å². The smallest absolute Gasteiger partial charge is 0.188 e. The number of nitrogens with two attached hydrogens (primary N) is 1. The number of rotatable bonds is 7. The van der Waals surface area contributed by atoms with Gasteiger partial charge in [0, 0.05) is 20.2 Å². The second kappa shape index (κ2) is 8.58. The zero-order chi connectivity index (χ0) is 12.3. The number of nitrogens with zero attached hydrogens (tertiary/aromatic N) is 1. The van der Waals surface area contributed by atoms with Crippen LogP contribution in [0, 0.1) is 0 Å². The highest BCUT2D eigenvalue weighted by molar-refractivity contribution is 5.77. The molecule has 0 aliphatic heterocycles. The van der Waals surface area contributed by atoms with Gasteiger partial charge in [-0.05, 0) is 18.4 Å². The molecule has 0 aliphatic carbocycles. The molecule has 0 aromatic heterocycles. The van der Waals surface area contributed by atoms with Crippen molar-refractivity contribution in [2.45, 2.75) is 12.8 Å². The summed E-state index contributed by atoms with van der Waals surface area (Å²) in [5, 5.41) is 2.98. The van der Waals surface area contributed by atoms with Crippen LogP contribution in [0.3, 0.4) is 0 Å². The van der Waals surface area contributed by atoms with Crippen molar-refractivity contribution in [3.05, 3.63) is 35.9 Å². The third-order valence-electron chi connectivity index (χ3n) is 2.36. The van der Waals surface area contributed by atoms with Gasteiger partial charge < -0.3 is 15.8 Å². The van der Waals surface area contributed by atoms with Crippen molar-refractivity contribution in [2.75, 3.05) is 26.8 Å². The molecule has 17 heavy (non-hydrogen) atoms. The Kier molecular flexibility index (Phi) is 6.82. The minimum Gasteiger partial charge on any atom is -0.383 e. The summed E-state index contributed by atoms with van der Waals surface area (Å²) in [5.74, 6) is 0.495. The lowest BCUT2D eigenvalue weighted by atomic mass is 10.1. The van der Waals surface area contributed by atoms with E-state index < -0.39 is 0 Å². The van der Waals surface area contributed by atoms with Gasteiger partial charge in [-0.3, -0.25) is 4.99 Å². The molecule has 0 fully saturated rings. The van der Waals surface area contributed by atoms with Crippen molar-refractivity contribution >= 4 is 5.96 Å². The summed E-state index contributed by atoms with van der Waals surface area (Å²) in [4.78, 5) is 4.24. The zero-order valence-electron chi connectivity index (χ0n) is 10.4. The molecule has 0 amide bonds. The minimum atomic E-state index is 0.495. The van der Waals surface area contributed by atoms with Crippen LogP contribution in [0.15, 0.2) is 35.3 Å². The average Bonchev–Trinajstić information content (AvgIpc) is 2.36. The number of aryl methyl sites for hydroxylation is 1. The van der Waals surface area contributed by atoms with Gasteiger partial charge in [0.2, 0.25) is 0 Å². The standard InChI is InChI=1S/C13H21N3O/c1-17-11-10-16-13(14)15-9-5-8-12-6-3-2-4-7-12/h2-4,6-7H,5,8-11H2,1H3,(H3,14,15,16). The van der Waals surface area contributed by atoms with Gasteiger partial charge >= 0.3 is 0 Å². The molecule has 4 nitrogen and oxygen atoms in total. The molecule has 0 bridgehead atoms. The van der Waals surface area contributed by atoms with E-state index >= 15 is 0 Å². The fourth-order valence-corrected chi connectivity index (χ4v) is 1.46. The molecule has 0 spiro atoms. The van der Waals surface area contributed by atoms with E-state index in [4.69, 9.17) is 10.5 Å². The predicted molar refractivity (Wildman–Crippen MR) is 71.1 cm³/mol. The Morgan fingerprint density at radius 2 is 2.12 bits per heavy atom. The number of hydrogen-bond acceptors (Lipinski definition) is 2.